The molecule has 1 rings (SSSR count). The van der Waals surface area contributed by atoms with Crippen molar-refractivity contribution in [2.75, 3.05) is 38.8 Å². The van der Waals surface area contributed by atoms with Crippen LogP contribution in [0.25, 0.3) is 0 Å². The first-order valence-electron chi connectivity index (χ1n) is 9.76. The highest BCUT2D eigenvalue weighted by molar-refractivity contribution is 7.99. The Morgan fingerprint density at radius 3 is 2.24 bits per heavy atom. The van der Waals surface area contributed by atoms with Crippen LogP contribution in [0.15, 0.2) is 0 Å². The summed E-state index contributed by atoms with van der Waals surface area (Å²) in [7, 11) is 3.73. The Hall–Kier alpha value is -0.260. The van der Waals surface area contributed by atoms with E-state index in [9.17, 15) is 4.79 Å². The monoisotopic (exact) mass is 372 g/mol. The predicted molar refractivity (Wildman–Crippen MR) is 109 cm³/mol. The molecule has 4 nitrogen and oxygen atoms in total. The quantitative estimate of drug-likeness (QED) is 0.427. The van der Waals surface area contributed by atoms with Crippen molar-refractivity contribution < 1.29 is 9.53 Å². The van der Waals surface area contributed by atoms with Crippen LogP contribution in [0, 0.1) is 0 Å². The zero-order valence-corrected chi connectivity index (χ0v) is 18.4. The number of nitrogens with zero attached hydrogens (tertiary/aromatic N) is 2. The summed E-state index contributed by atoms with van der Waals surface area (Å²) in [6.45, 7) is 14.1. The number of likely N-dealkylation sites (tertiary alicyclic amines) is 1. The van der Waals surface area contributed by atoms with Gasteiger partial charge >= 0.3 is 5.97 Å². The summed E-state index contributed by atoms with van der Waals surface area (Å²) in [4.78, 5) is 16.5. The Kier molecular flexibility index (Phi) is 9.27. The maximum atomic E-state index is 11.2. The SMILES string of the molecule is CCCCN(CCCSCC(=O)OC)C1CC(C)(C)N(C)C(C)(C)C1. The Morgan fingerprint density at radius 1 is 1.16 bits per heavy atom. The van der Waals surface area contributed by atoms with Crippen LogP contribution in [-0.4, -0.2) is 71.6 Å². The van der Waals surface area contributed by atoms with Crippen molar-refractivity contribution >= 4 is 17.7 Å². The standard InChI is InChI=1S/C20H40N2O2S/c1-8-9-11-22(12-10-13-25-16-18(23)24-7)17-14-19(2,3)21(6)20(4,5)15-17/h17H,8-16H2,1-7H3. The molecule has 1 saturated heterocycles. The number of esters is 1. The van der Waals surface area contributed by atoms with Crippen LogP contribution in [0.3, 0.4) is 0 Å². The summed E-state index contributed by atoms with van der Waals surface area (Å²) in [5.41, 5.74) is 0.465. The van der Waals surface area contributed by atoms with E-state index in [0.717, 1.165) is 18.7 Å². The number of piperidine rings is 1. The summed E-state index contributed by atoms with van der Waals surface area (Å²) in [6.07, 6.45) is 6.10. The molecule has 0 spiro atoms. The topological polar surface area (TPSA) is 32.8 Å². The second-order valence-corrected chi connectivity index (χ2v) is 9.72. The third kappa shape index (κ3) is 7.10. The minimum absolute atomic E-state index is 0.119. The Balaban J connectivity index is 2.60. The second kappa shape index (κ2) is 10.2. The molecule has 1 heterocycles. The molecule has 1 fully saturated rings. The lowest BCUT2D eigenvalue weighted by Crippen LogP contribution is -2.62. The van der Waals surface area contributed by atoms with E-state index in [1.807, 2.05) is 0 Å². The fourth-order valence-corrected chi connectivity index (χ4v) is 4.76. The average molecular weight is 373 g/mol. The van der Waals surface area contributed by atoms with Crippen LogP contribution in [0.1, 0.15) is 66.7 Å². The van der Waals surface area contributed by atoms with Crippen molar-refractivity contribution in [2.45, 2.75) is 83.8 Å². The second-order valence-electron chi connectivity index (χ2n) is 8.62. The normalized spacial score (nSPS) is 20.8. The van der Waals surface area contributed by atoms with Crippen molar-refractivity contribution in [3.05, 3.63) is 0 Å². The van der Waals surface area contributed by atoms with Crippen LogP contribution < -0.4 is 0 Å². The third-order valence-corrected chi connectivity index (χ3v) is 6.80. The van der Waals surface area contributed by atoms with Crippen LogP contribution in [0.5, 0.6) is 0 Å². The molecule has 0 aromatic rings. The van der Waals surface area contributed by atoms with Crippen molar-refractivity contribution in [3.8, 4) is 0 Å². The molecule has 25 heavy (non-hydrogen) atoms. The largest absolute Gasteiger partial charge is 0.468 e. The van der Waals surface area contributed by atoms with Crippen molar-refractivity contribution in [1.29, 1.82) is 0 Å². The highest BCUT2D eigenvalue weighted by atomic mass is 32.2. The zero-order valence-electron chi connectivity index (χ0n) is 17.6. The molecule has 0 radical (unpaired) electrons. The van der Waals surface area contributed by atoms with Crippen molar-refractivity contribution in [1.82, 2.24) is 9.80 Å². The number of carbonyl (C=O) groups excluding carboxylic acids is 1. The minimum atomic E-state index is -0.119. The first-order valence-corrected chi connectivity index (χ1v) is 10.9. The molecule has 0 atom stereocenters. The summed E-state index contributed by atoms with van der Waals surface area (Å²) in [6, 6.07) is 0.651. The third-order valence-electron chi connectivity index (χ3n) is 5.78. The van der Waals surface area contributed by atoms with Crippen LogP contribution in [-0.2, 0) is 9.53 Å². The van der Waals surface area contributed by atoms with E-state index in [2.05, 4.69) is 51.5 Å². The number of unbranched alkanes of at least 4 members (excludes halogenated alkanes) is 1. The van der Waals surface area contributed by atoms with Crippen molar-refractivity contribution in [2.24, 2.45) is 0 Å². The smallest absolute Gasteiger partial charge is 0.315 e. The first kappa shape index (κ1) is 22.8. The van der Waals surface area contributed by atoms with Gasteiger partial charge < -0.3 is 9.64 Å². The highest BCUT2D eigenvalue weighted by Gasteiger charge is 2.44. The van der Waals surface area contributed by atoms with Gasteiger partial charge in [0.25, 0.3) is 0 Å². The van der Waals surface area contributed by atoms with Gasteiger partial charge in [-0.1, -0.05) is 13.3 Å². The number of rotatable bonds is 10. The molecule has 5 heteroatoms. The molecule has 0 saturated carbocycles. The van der Waals surface area contributed by atoms with Gasteiger partial charge in [0.2, 0.25) is 0 Å². The van der Waals surface area contributed by atoms with E-state index in [1.54, 1.807) is 11.8 Å². The van der Waals surface area contributed by atoms with Gasteiger partial charge in [-0.25, -0.2) is 0 Å². The summed E-state index contributed by atoms with van der Waals surface area (Å²) < 4.78 is 4.71. The molecule has 0 aliphatic carbocycles. The minimum Gasteiger partial charge on any atom is -0.468 e. The van der Waals surface area contributed by atoms with E-state index in [4.69, 9.17) is 4.74 Å². The van der Waals surface area contributed by atoms with Gasteiger partial charge in [-0.2, -0.15) is 11.8 Å². The Bertz CT molecular complexity index is 395. The lowest BCUT2D eigenvalue weighted by Gasteiger charge is -2.55. The van der Waals surface area contributed by atoms with E-state index in [0.29, 0.717) is 11.8 Å². The van der Waals surface area contributed by atoms with E-state index >= 15 is 0 Å². The Morgan fingerprint density at radius 2 is 1.72 bits per heavy atom. The zero-order chi connectivity index (χ0) is 19.1. The van der Waals surface area contributed by atoms with Crippen molar-refractivity contribution in [3.63, 3.8) is 0 Å². The summed E-state index contributed by atoms with van der Waals surface area (Å²) in [5.74, 6) is 1.38. The fourth-order valence-electron chi connectivity index (χ4n) is 4.00. The lowest BCUT2D eigenvalue weighted by atomic mass is 9.77. The molecule has 0 bridgehead atoms. The molecule has 0 aromatic carbocycles. The predicted octanol–water partition coefficient (Wildman–Crippen LogP) is 4.04. The summed E-state index contributed by atoms with van der Waals surface area (Å²) >= 11 is 1.69. The first-order chi connectivity index (χ1) is 11.6. The molecule has 0 unspecified atom stereocenters. The number of thioether (sulfide) groups is 1. The Labute approximate surface area is 160 Å². The van der Waals surface area contributed by atoms with Gasteiger partial charge in [-0.05, 0) is 79.3 Å². The number of hydrogen-bond acceptors (Lipinski definition) is 5. The number of ether oxygens (including phenoxy) is 1. The lowest BCUT2D eigenvalue weighted by molar-refractivity contribution is -0.137. The maximum Gasteiger partial charge on any atom is 0.315 e. The molecule has 0 aromatic heterocycles. The maximum absolute atomic E-state index is 11.2. The van der Waals surface area contributed by atoms with Crippen LogP contribution in [0.4, 0.5) is 0 Å². The molecule has 148 valence electrons. The molecule has 1 aliphatic heterocycles. The molecule has 1 aliphatic rings. The average Bonchev–Trinajstić information content (AvgIpc) is 2.54. The molecule has 0 N–H and O–H groups in total. The van der Waals surface area contributed by atoms with Gasteiger partial charge in [0.15, 0.2) is 0 Å². The van der Waals surface area contributed by atoms with Crippen LogP contribution in [0.2, 0.25) is 0 Å². The van der Waals surface area contributed by atoms with Gasteiger partial charge in [-0.3, -0.25) is 9.69 Å². The van der Waals surface area contributed by atoms with Gasteiger partial charge in [0.05, 0.1) is 12.9 Å². The van der Waals surface area contributed by atoms with Gasteiger partial charge in [0, 0.05) is 17.1 Å². The van der Waals surface area contributed by atoms with E-state index in [-0.39, 0.29) is 17.0 Å². The van der Waals surface area contributed by atoms with Gasteiger partial charge in [-0.15, -0.1) is 0 Å². The number of methoxy groups -OCH3 is 1. The highest BCUT2D eigenvalue weighted by Crippen LogP contribution is 2.39. The van der Waals surface area contributed by atoms with Crippen LogP contribution >= 0.6 is 11.8 Å². The summed E-state index contributed by atoms with van der Waals surface area (Å²) in [5, 5.41) is 0. The van der Waals surface area contributed by atoms with E-state index in [1.165, 1.54) is 39.3 Å². The fraction of sp³-hybridized carbons (Fsp3) is 0.950. The van der Waals surface area contributed by atoms with E-state index < -0.39 is 0 Å². The molecular weight excluding hydrogens is 332 g/mol. The number of carbonyl (C=O) groups is 1. The molecule has 0 amide bonds. The van der Waals surface area contributed by atoms with Gasteiger partial charge in [0.1, 0.15) is 0 Å². The molecular formula is C20H40N2O2S. The number of hydrogen-bond donors (Lipinski definition) is 0.